The van der Waals surface area contributed by atoms with Gasteiger partial charge < -0.3 is 10.6 Å². The number of nitrogens with one attached hydrogen (secondary N) is 2. The molecule has 0 aliphatic heterocycles. The Hall–Kier alpha value is -1.91. The highest BCUT2D eigenvalue weighted by Gasteiger charge is 2.01. The normalized spacial score (nSPS) is 10.4. The summed E-state index contributed by atoms with van der Waals surface area (Å²) in [6.45, 7) is 2.03. The number of pyridine rings is 1. The fourth-order valence-electron chi connectivity index (χ4n) is 2.06. The van der Waals surface area contributed by atoms with Crippen molar-refractivity contribution in [2.45, 2.75) is 19.4 Å². The van der Waals surface area contributed by atoms with E-state index >= 15 is 0 Å². The molecule has 2 rings (SSSR count). The highest BCUT2D eigenvalue weighted by molar-refractivity contribution is 6.30. The van der Waals surface area contributed by atoms with Gasteiger partial charge in [-0.15, -0.1) is 0 Å². The van der Waals surface area contributed by atoms with Gasteiger partial charge in [-0.3, -0.25) is 9.78 Å². The van der Waals surface area contributed by atoms with Crippen LogP contribution in [0.5, 0.6) is 0 Å². The van der Waals surface area contributed by atoms with Crippen LogP contribution in [0.2, 0.25) is 5.02 Å². The van der Waals surface area contributed by atoms with E-state index < -0.39 is 0 Å². The molecule has 2 N–H and O–H groups in total. The van der Waals surface area contributed by atoms with E-state index in [1.165, 1.54) is 0 Å². The van der Waals surface area contributed by atoms with Crippen molar-refractivity contribution in [2.24, 2.45) is 0 Å². The first kappa shape index (κ1) is 16.5. The topological polar surface area (TPSA) is 54.0 Å². The first-order valence-corrected chi connectivity index (χ1v) is 7.72. The fourth-order valence-corrected chi connectivity index (χ4v) is 2.28. The predicted octanol–water partition coefficient (Wildman–Crippen LogP) is 2.57. The molecule has 1 amide bonds. The highest BCUT2D eigenvalue weighted by Crippen LogP contribution is 2.10. The molecule has 0 bridgehead atoms. The third kappa shape index (κ3) is 6.24. The lowest BCUT2D eigenvalue weighted by Gasteiger charge is -2.07. The zero-order valence-electron chi connectivity index (χ0n) is 12.4. The van der Waals surface area contributed by atoms with E-state index in [1.54, 1.807) is 12.4 Å². The maximum atomic E-state index is 11.7. The van der Waals surface area contributed by atoms with Crippen molar-refractivity contribution in [1.29, 1.82) is 0 Å². The van der Waals surface area contributed by atoms with Gasteiger partial charge in [0.2, 0.25) is 5.91 Å². The van der Waals surface area contributed by atoms with E-state index in [2.05, 4.69) is 15.6 Å². The molecule has 2 aromatic rings. The summed E-state index contributed by atoms with van der Waals surface area (Å²) in [5.41, 5.74) is 2.29. The molecule has 0 aliphatic rings. The van der Waals surface area contributed by atoms with Crippen LogP contribution in [0.25, 0.3) is 0 Å². The van der Waals surface area contributed by atoms with Crippen LogP contribution >= 0.6 is 11.6 Å². The molecule has 0 aliphatic carbocycles. The Morgan fingerprint density at radius 2 is 1.91 bits per heavy atom. The fraction of sp³-hybridized carbons (Fsp3) is 0.294. The van der Waals surface area contributed by atoms with Crippen LogP contribution in [-0.4, -0.2) is 24.0 Å². The van der Waals surface area contributed by atoms with Gasteiger partial charge in [0.05, 0.1) is 0 Å². The van der Waals surface area contributed by atoms with Crippen LogP contribution in [0.3, 0.4) is 0 Å². The van der Waals surface area contributed by atoms with Crippen LogP contribution in [0.1, 0.15) is 17.5 Å². The van der Waals surface area contributed by atoms with Crippen molar-refractivity contribution in [2.75, 3.05) is 13.1 Å². The second kappa shape index (κ2) is 9.18. The van der Waals surface area contributed by atoms with Gasteiger partial charge in [0, 0.05) is 43.5 Å². The quantitative estimate of drug-likeness (QED) is 0.736. The number of amides is 1. The van der Waals surface area contributed by atoms with Crippen molar-refractivity contribution in [3.63, 3.8) is 0 Å². The van der Waals surface area contributed by atoms with E-state index in [4.69, 9.17) is 11.6 Å². The van der Waals surface area contributed by atoms with Crippen LogP contribution in [-0.2, 0) is 17.8 Å². The van der Waals surface area contributed by atoms with Crippen LogP contribution in [0, 0.1) is 0 Å². The molecular weight excluding hydrogens is 298 g/mol. The van der Waals surface area contributed by atoms with Gasteiger partial charge in [-0.1, -0.05) is 23.7 Å². The molecule has 0 fully saturated rings. The van der Waals surface area contributed by atoms with E-state index in [1.807, 2.05) is 36.4 Å². The zero-order chi connectivity index (χ0) is 15.6. The third-order valence-electron chi connectivity index (χ3n) is 3.23. The van der Waals surface area contributed by atoms with Gasteiger partial charge in [0.25, 0.3) is 0 Å². The van der Waals surface area contributed by atoms with E-state index in [0.29, 0.717) is 19.5 Å². The number of rotatable bonds is 8. The smallest absolute Gasteiger partial charge is 0.221 e. The summed E-state index contributed by atoms with van der Waals surface area (Å²) in [7, 11) is 0. The molecule has 1 aromatic heterocycles. The molecule has 0 radical (unpaired) electrons. The Balaban J connectivity index is 1.56. The standard InChI is InChI=1S/C17H20ClN3O/c18-16-3-1-2-14(12-16)6-11-21-17(22)7-10-20-13-15-4-8-19-9-5-15/h1-5,8-9,12,20H,6-7,10-11,13H2,(H,21,22). The van der Waals surface area contributed by atoms with E-state index in [-0.39, 0.29) is 5.91 Å². The average Bonchev–Trinajstić information content (AvgIpc) is 2.53. The van der Waals surface area contributed by atoms with Crippen molar-refractivity contribution >= 4 is 17.5 Å². The summed E-state index contributed by atoms with van der Waals surface area (Å²) in [5, 5.41) is 6.89. The van der Waals surface area contributed by atoms with Gasteiger partial charge in [-0.25, -0.2) is 0 Å². The van der Waals surface area contributed by atoms with E-state index in [9.17, 15) is 4.79 Å². The Kier molecular flexibility index (Phi) is 6.87. The first-order valence-electron chi connectivity index (χ1n) is 7.35. The van der Waals surface area contributed by atoms with Crippen LogP contribution in [0.15, 0.2) is 48.8 Å². The number of carbonyl (C=O) groups excluding carboxylic acids is 1. The Morgan fingerprint density at radius 1 is 1.09 bits per heavy atom. The number of hydrogen-bond acceptors (Lipinski definition) is 3. The Labute approximate surface area is 135 Å². The molecule has 0 saturated carbocycles. The highest BCUT2D eigenvalue weighted by atomic mass is 35.5. The maximum Gasteiger partial charge on any atom is 0.221 e. The summed E-state index contributed by atoms with van der Waals surface area (Å²) in [6, 6.07) is 11.6. The number of carbonyl (C=O) groups is 1. The van der Waals surface area contributed by atoms with E-state index in [0.717, 1.165) is 29.1 Å². The van der Waals surface area contributed by atoms with Gasteiger partial charge in [0.1, 0.15) is 0 Å². The minimum absolute atomic E-state index is 0.0595. The van der Waals surface area contributed by atoms with Crippen molar-refractivity contribution < 1.29 is 4.79 Å². The third-order valence-corrected chi connectivity index (χ3v) is 3.47. The second-order valence-corrected chi connectivity index (χ2v) is 5.45. The Bertz CT molecular complexity index is 589. The number of halogens is 1. The van der Waals surface area contributed by atoms with Crippen molar-refractivity contribution in [3.8, 4) is 0 Å². The predicted molar refractivity (Wildman–Crippen MR) is 88.7 cm³/mol. The molecule has 22 heavy (non-hydrogen) atoms. The minimum atomic E-state index is 0.0595. The zero-order valence-corrected chi connectivity index (χ0v) is 13.1. The minimum Gasteiger partial charge on any atom is -0.356 e. The molecule has 4 nitrogen and oxygen atoms in total. The lowest BCUT2D eigenvalue weighted by Crippen LogP contribution is -2.29. The molecule has 0 saturated heterocycles. The van der Waals surface area contributed by atoms with Gasteiger partial charge >= 0.3 is 0 Å². The molecule has 1 aromatic carbocycles. The lowest BCUT2D eigenvalue weighted by molar-refractivity contribution is -0.120. The number of hydrogen-bond donors (Lipinski definition) is 2. The second-order valence-electron chi connectivity index (χ2n) is 5.01. The molecule has 0 atom stereocenters. The SMILES string of the molecule is O=C(CCNCc1ccncc1)NCCc1cccc(Cl)c1. The van der Waals surface area contributed by atoms with Crippen molar-refractivity contribution in [1.82, 2.24) is 15.6 Å². The number of aromatic nitrogens is 1. The first-order chi connectivity index (χ1) is 10.7. The summed E-state index contributed by atoms with van der Waals surface area (Å²) in [6.07, 6.45) is 4.79. The summed E-state index contributed by atoms with van der Waals surface area (Å²) >= 11 is 5.92. The number of benzene rings is 1. The number of nitrogens with zero attached hydrogens (tertiary/aromatic N) is 1. The van der Waals surface area contributed by atoms with Crippen LogP contribution in [0.4, 0.5) is 0 Å². The monoisotopic (exact) mass is 317 g/mol. The van der Waals surface area contributed by atoms with Crippen LogP contribution < -0.4 is 10.6 Å². The Morgan fingerprint density at radius 3 is 2.68 bits per heavy atom. The molecule has 0 unspecified atom stereocenters. The molecule has 116 valence electrons. The lowest BCUT2D eigenvalue weighted by atomic mass is 10.1. The largest absolute Gasteiger partial charge is 0.356 e. The van der Waals surface area contributed by atoms with Gasteiger partial charge in [-0.2, -0.15) is 0 Å². The van der Waals surface area contributed by atoms with Gasteiger partial charge in [-0.05, 0) is 41.8 Å². The summed E-state index contributed by atoms with van der Waals surface area (Å²) in [5.74, 6) is 0.0595. The molecule has 0 spiro atoms. The summed E-state index contributed by atoms with van der Waals surface area (Å²) in [4.78, 5) is 15.7. The molecule has 1 heterocycles. The summed E-state index contributed by atoms with van der Waals surface area (Å²) < 4.78 is 0. The maximum absolute atomic E-state index is 11.7. The van der Waals surface area contributed by atoms with Crippen molar-refractivity contribution in [3.05, 3.63) is 64.9 Å². The van der Waals surface area contributed by atoms with Gasteiger partial charge in [0.15, 0.2) is 0 Å². The average molecular weight is 318 g/mol. The molecule has 5 heteroatoms. The molecular formula is C17H20ClN3O.